The van der Waals surface area contributed by atoms with Gasteiger partial charge in [0, 0.05) is 23.5 Å². The number of rotatable bonds is 1. The largest absolute Gasteiger partial charge is 0.290 e. The predicted octanol–water partition coefficient (Wildman–Crippen LogP) is 2.57. The van der Waals surface area contributed by atoms with E-state index in [9.17, 15) is 0 Å². The highest BCUT2D eigenvalue weighted by atomic mass is 35.5. The zero-order valence-corrected chi connectivity index (χ0v) is 8.00. The topological polar surface area (TPSA) is 30.7 Å². The van der Waals surface area contributed by atoms with Crippen LogP contribution in [0.25, 0.3) is 5.82 Å². The molecule has 0 saturated heterocycles. The average Bonchev–Trinajstić information content (AvgIpc) is 2.53. The maximum absolute atomic E-state index is 5.81. The highest BCUT2D eigenvalue weighted by Crippen LogP contribution is 2.17. The van der Waals surface area contributed by atoms with Crippen LogP contribution in [0.5, 0.6) is 0 Å². The lowest BCUT2D eigenvalue weighted by Crippen LogP contribution is -1.93. The predicted molar refractivity (Wildman–Crippen MR) is 51.4 cm³/mol. The lowest BCUT2D eigenvalue weighted by atomic mass is 10.4. The SMILES string of the molecule is Clc1cc(Cl)nc(-n2ccnc2)c1. The third-order valence-electron chi connectivity index (χ3n) is 1.51. The van der Waals surface area contributed by atoms with E-state index >= 15 is 0 Å². The number of hydrogen-bond donors (Lipinski definition) is 0. The zero-order valence-electron chi connectivity index (χ0n) is 6.48. The van der Waals surface area contributed by atoms with E-state index in [2.05, 4.69) is 9.97 Å². The summed E-state index contributed by atoms with van der Waals surface area (Å²) >= 11 is 11.5. The summed E-state index contributed by atoms with van der Waals surface area (Å²) in [5, 5.41) is 0.930. The van der Waals surface area contributed by atoms with Gasteiger partial charge in [0.15, 0.2) is 0 Å². The van der Waals surface area contributed by atoms with Crippen LogP contribution in [0.4, 0.5) is 0 Å². The van der Waals surface area contributed by atoms with E-state index in [-0.39, 0.29) is 0 Å². The fourth-order valence-corrected chi connectivity index (χ4v) is 1.44. The summed E-state index contributed by atoms with van der Waals surface area (Å²) in [6.07, 6.45) is 5.07. The second-order valence-corrected chi connectivity index (χ2v) is 3.26. The molecule has 13 heavy (non-hydrogen) atoms. The summed E-state index contributed by atoms with van der Waals surface area (Å²) < 4.78 is 1.73. The molecule has 2 aromatic heterocycles. The van der Waals surface area contributed by atoms with Gasteiger partial charge in [-0.15, -0.1) is 0 Å². The van der Waals surface area contributed by atoms with Crippen molar-refractivity contribution in [2.24, 2.45) is 0 Å². The Balaban J connectivity index is 2.53. The summed E-state index contributed by atoms with van der Waals surface area (Å²) in [7, 11) is 0. The van der Waals surface area contributed by atoms with Crippen molar-refractivity contribution in [2.75, 3.05) is 0 Å². The van der Waals surface area contributed by atoms with Crippen LogP contribution < -0.4 is 0 Å². The molecule has 0 saturated carbocycles. The van der Waals surface area contributed by atoms with Gasteiger partial charge >= 0.3 is 0 Å². The first kappa shape index (κ1) is 8.53. The fourth-order valence-electron chi connectivity index (χ4n) is 0.980. The van der Waals surface area contributed by atoms with E-state index in [1.807, 2.05) is 0 Å². The van der Waals surface area contributed by atoms with Gasteiger partial charge in [0.25, 0.3) is 0 Å². The molecule has 0 aliphatic heterocycles. The molecule has 0 unspecified atom stereocenters. The van der Waals surface area contributed by atoms with Gasteiger partial charge in [-0.25, -0.2) is 9.97 Å². The van der Waals surface area contributed by atoms with Crippen LogP contribution in [-0.4, -0.2) is 14.5 Å². The van der Waals surface area contributed by atoms with Crippen LogP contribution >= 0.6 is 23.2 Å². The van der Waals surface area contributed by atoms with E-state index in [1.54, 1.807) is 35.4 Å². The molecule has 0 aliphatic carbocycles. The monoisotopic (exact) mass is 213 g/mol. The minimum Gasteiger partial charge on any atom is -0.290 e. The molecule has 0 N–H and O–H groups in total. The minimum absolute atomic E-state index is 0.371. The molecule has 5 heteroatoms. The van der Waals surface area contributed by atoms with Gasteiger partial charge in [-0.1, -0.05) is 23.2 Å². The first-order valence-electron chi connectivity index (χ1n) is 3.57. The smallest absolute Gasteiger partial charge is 0.141 e. The van der Waals surface area contributed by atoms with Crippen molar-refractivity contribution < 1.29 is 0 Å². The van der Waals surface area contributed by atoms with Gasteiger partial charge in [0.2, 0.25) is 0 Å². The zero-order chi connectivity index (χ0) is 9.26. The van der Waals surface area contributed by atoms with Gasteiger partial charge in [-0.3, -0.25) is 4.57 Å². The van der Waals surface area contributed by atoms with Crippen LogP contribution in [0.15, 0.2) is 30.9 Å². The fraction of sp³-hybridized carbons (Fsp3) is 0. The molecule has 3 nitrogen and oxygen atoms in total. The van der Waals surface area contributed by atoms with Gasteiger partial charge in [-0.2, -0.15) is 0 Å². The minimum atomic E-state index is 0.371. The number of imidazole rings is 1. The molecule has 2 heterocycles. The number of nitrogens with zero attached hydrogens (tertiary/aromatic N) is 3. The molecule has 0 bridgehead atoms. The third-order valence-corrected chi connectivity index (χ3v) is 1.93. The van der Waals surface area contributed by atoms with Crippen LogP contribution in [0.3, 0.4) is 0 Å². The Morgan fingerprint density at radius 1 is 1.23 bits per heavy atom. The lowest BCUT2D eigenvalue weighted by Gasteiger charge is -2.01. The molecule has 0 aliphatic rings. The number of pyridine rings is 1. The normalized spacial score (nSPS) is 10.3. The number of hydrogen-bond acceptors (Lipinski definition) is 2. The van der Waals surface area contributed by atoms with Crippen molar-refractivity contribution in [3.05, 3.63) is 41.0 Å². The quantitative estimate of drug-likeness (QED) is 0.683. The number of aromatic nitrogens is 3. The Bertz CT molecular complexity index is 391. The van der Waals surface area contributed by atoms with Crippen LogP contribution in [0, 0.1) is 0 Å². The van der Waals surface area contributed by atoms with E-state index in [4.69, 9.17) is 23.2 Å². The maximum atomic E-state index is 5.81. The average molecular weight is 214 g/mol. The van der Waals surface area contributed by atoms with E-state index < -0.39 is 0 Å². The van der Waals surface area contributed by atoms with E-state index in [0.29, 0.717) is 16.0 Å². The molecule has 0 fully saturated rings. The molecule has 0 spiro atoms. The lowest BCUT2D eigenvalue weighted by molar-refractivity contribution is 0.993. The molecule has 2 aromatic rings. The van der Waals surface area contributed by atoms with Crippen molar-refractivity contribution in [1.29, 1.82) is 0 Å². The van der Waals surface area contributed by atoms with Gasteiger partial charge in [0.1, 0.15) is 17.3 Å². The molecular formula is C8H5Cl2N3. The van der Waals surface area contributed by atoms with E-state index in [0.717, 1.165) is 0 Å². The summed E-state index contributed by atoms with van der Waals surface area (Å²) in [4.78, 5) is 7.98. The second kappa shape index (κ2) is 3.36. The van der Waals surface area contributed by atoms with Crippen LogP contribution in [0.2, 0.25) is 10.2 Å². The second-order valence-electron chi connectivity index (χ2n) is 2.44. The Labute approximate surface area is 85.0 Å². The Hall–Kier alpha value is -1.06. The highest BCUT2D eigenvalue weighted by molar-refractivity contribution is 6.34. The standard InChI is InChI=1S/C8H5Cl2N3/c9-6-3-7(10)12-8(4-6)13-2-1-11-5-13/h1-5H. The molecule has 0 radical (unpaired) electrons. The third kappa shape index (κ3) is 1.82. The Morgan fingerprint density at radius 3 is 2.69 bits per heavy atom. The molecule has 0 atom stereocenters. The van der Waals surface area contributed by atoms with E-state index in [1.165, 1.54) is 0 Å². The first-order valence-corrected chi connectivity index (χ1v) is 4.33. The van der Waals surface area contributed by atoms with Crippen LogP contribution in [0.1, 0.15) is 0 Å². The molecular weight excluding hydrogens is 209 g/mol. The van der Waals surface area contributed by atoms with Gasteiger partial charge < -0.3 is 0 Å². The van der Waals surface area contributed by atoms with Crippen molar-refractivity contribution in [1.82, 2.24) is 14.5 Å². The van der Waals surface area contributed by atoms with Crippen LogP contribution in [-0.2, 0) is 0 Å². The molecule has 0 aromatic carbocycles. The van der Waals surface area contributed by atoms with Gasteiger partial charge in [0.05, 0.1) is 0 Å². The summed E-state index contributed by atoms with van der Waals surface area (Å²) in [6.45, 7) is 0. The number of halogens is 2. The maximum Gasteiger partial charge on any atom is 0.141 e. The Kier molecular flexibility index (Phi) is 2.20. The summed E-state index contributed by atoms with van der Waals surface area (Å²) in [6, 6.07) is 3.30. The summed E-state index contributed by atoms with van der Waals surface area (Å²) in [5.41, 5.74) is 0. The van der Waals surface area contributed by atoms with Crippen molar-refractivity contribution in [3.63, 3.8) is 0 Å². The molecule has 0 amide bonds. The molecule has 66 valence electrons. The molecule has 2 rings (SSSR count). The Morgan fingerprint density at radius 2 is 2.08 bits per heavy atom. The first-order chi connectivity index (χ1) is 6.25. The van der Waals surface area contributed by atoms with Crippen molar-refractivity contribution in [2.45, 2.75) is 0 Å². The summed E-state index contributed by atoms with van der Waals surface area (Å²) in [5.74, 6) is 0.662. The van der Waals surface area contributed by atoms with Crippen molar-refractivity contribution >= 4 is 23.2 Å². The highest BCUT2D eigenvalue weighted by Gasteiger charge is 2.00. The van der Waals surface area contributed by atoms with Crippen molar-refractivity contribution in [3.8, 4) is 5.82 Å². The van der Waals surface area contributed by atoms with Gasteiger partial charge in [-0.05, 0) is 6.07 Å².